The molecule has 0 bridgehead atoms. The van der Waals surface area contributed by atoms with Crippen LogP contribution in [0.4, 0.5) is 27.8 Å². The second kappa shape index (κ2) is 5.19. The van der Waals surface area contributed by atoms with Gasteiger partial charge in [-0.3, -0.25) is 0 Å². The van der Waals surface area contributed by atoms with Gasteiger partial charge < -0.3 is 5.73 Å². The number of fused-ring (bicyclic) bond motifs is 1. The van der Waals surface area contributed by atoms with Crippen LogP contribution in [0.3, 0.4) is 0 Å². The fourth-order valence-electron chi connectivity index (χ4n) is 2.81. The second-order valence-corrected chi connectivity index (χ2v) is 5.08. The Morgan fingerprint density at radius 2 is 1.43 bits per heavy atom. The zero-order valence-corrected chi connectivity index (χ0v) is 11.5. The molecule has 2 aromatic rings. The monoisotopic (exact) mass is 325 g/mol. The van der Waals surface area contributed by atoms with Crippen molar-refractivity contribution in [2.75, 3.05) is 5.73 Å². The lowest BCUT2D eigenvalue weighted by Crippen LogP contribution is -2.09. The fraction of sp³-hybridized carbons (Fsp3) is 0.200. The molecule has 0 aliphatic heterocycles. The molecule has 1 heterocycles. The number of aryl methyl sites for hydroxylation is 1. The molecule has 2 N–H and O–H groups in total. The van der Waals surface area contributed by atoms with Gasteiger partial charge in [-0.15, -0.1) is 0 Å². The lowest BCUT2D eigenvalue weighted by molar-refractivity contribution is 0.381. The maximum absolute atomic E-state index is 14.1. The molecule has 3 rings (SSSR count). The summed E-state index contributed by atoms with van der Waals surface area (Å²) in [5.74, 6) is -10.7. The highest BCUT2D eigenvalue weighted by Gasteiger charge is 2.32. The van der Waals surface area contributed by atoms with Crippen LogP contribution in [0.15, 0.2) is 0 Å². The minimum Gasteiger partial charge on any atom is -0.383 e. The van der Waals surface area contributed by atoms with Crippen molar-refractivity contribution < 1.29 is 22.0 Å². The van der Waals surface area contributed by atoms with E-state index in [1.54, 1.807) is 6.07 Å². The van der Waals surface area contributed by atoms with Gasteiger partial charge in [-0.05, 0) is 24.8 Å². The van der Waals surface area contributed by atoms with Gasteiger partial charge in [0.15, 0.2) is 23.3 Å². The van der Waals surface area contributed by atoms with Gasteiger partial charge in [0.25, 0.3) is 0 Å². The Morgan fingerprint density at radius 3 is 2.00 bits per heavy atom. The molecule has 0 unspecified atom stereocenters. The zero-order valence-electron chi connectivity index (χ0n) is 11.5. The van der Waals surface area contributed by atoms with E-state index >= 15 is 0 Å². The number of hydrogen-bond donors (Lipinski definition) is 1. The first-order chi connectivity index (χ1) is 10.9. The number of nitrogens with two attached hydrogens (primary N) is 1. The zero-order chi connectivity index (χ0) is 16.9. The van der Waals surface area contributed by atoms with Crippen LogP contribution in [-0.2, 0) is 12.8 Å². The van der Waals surface area contributed by atoms with Gasteiger partial charge in [0.2, 0.25) is 5.82 Å². The third-order valence-corrected chi connectivity index (χ3v) is 3.82. The van der Waals surface area contributed by atoms with Gasteiger partial charge >= 0.3 is 0 Å². The van der Waals surface area contributed by atoms with Gasteiger partial charge in [0.1, 0.15) is 17.5 Å². The largest absolute Gasteiger partial charge is 0.383 e. The molecule has 8 heteroatoms. The van der Waals surface area contributed by atoms with Gasteiger partial charge in [0.05, 0.1) is 5.56 Å². The van der Waals surface area contributed by atoms with E-state index in [0.717, 1.165) is 0 Å². The molecule has 0 saturated carbocycles. The van der Waals surface area contributed by atoms with Crippen LogP contribution >= 0.6 is 0 Å². The van der Waals surface area contributed by atoms with Crippen LogP contribution in [0.25, 0.3) is 11.1 Å². The molecule has 0 radical (unpaired) electrons. The standard InChI is InChI=1S/C15H8F5N3/c16-10-9(11(17)13(19)14(20)12(10)18)8-5-2-1-3-7(5)23-15(22)6(8)4-21/h1-3H2,(H2,22,23). The Balaban J connectivity index is 2.49. The number of pyridine rings is 1. The number of rotatable bonds is 1. The molecule has 0 amide bonds. The Kier molecular flexibility index (Phi) is 3.43. The van der Waals surface area contributed by atoms with Gasteiger partial charge in [-0.25, -0.2) is 26.9 Å². The molecule has 0 fully saturated rings. The first-order valence-electron chi connectivity index (χ1n) is 6.61. The van der Waals surface area contributed by atoms with Crippen LogP contribution in [-0.4, -0.2) is 4.98 Å². The molecule has 118 valence electrons. The number of nitriles is 1. The van der Waals surface area contributed by atoms with Crippen molar-refractivity contribution in [2.24, 2.45) is 0 Å². The number of benzene rings is 1. The van der Waals surface area contributed by atoms with Crippen molar-refractivity contribution in [2.45, 2.75) is 19.3 Å². The summed E-state index contributed by atoms with van der Waals surface area (Å²) >= 11 is 0. The molecule has 0 atom stereocenters. The van der Waals surface area contributed by atoms with E-state index in [1.807, 2.05) is 0 Å². The van der Waals surface area contributed by atoms with Crippen molar-refractivity contribution in [1.29, 1.82) is 5.26 Å². The topological polar surface area (TPSA) is 62.7 Å². The second-order valence-electron chi connectivity index (χ2n) is 5.08. The van der Waals surface area contributed by atoms with Crippen LogP contribution < -0.4 is 5.73 Å². The summed E-state index contributed by atoms with van der Waals surface area (Å²) < 4.78 is 68.4. The lowest BCUT2D eigenvalue weighted by Gasteiger charge is -2.15. The number of nitrogen functional groups attached to an aromatic ring is 1. The molecular weight excluding hydrogens is 317 g/mol. The molecule has 1 aromatic carbocycles. The molecular formula is C15H8F5N3. The minimum absolute atomic E-state index is 0.291. The van der Waals surface area contributed by atoms with Crippen LogP contribution in [0.1, 0.15) is 23.2 Å². The summed E-state index contributed by atoms with van der Waals surface area (Å²) in [5.41, 5.74) is 4.41. The van der Waals surface area contributed by atoms with Crippen molar-refractivity contribution in [3.63, 3.8) is 0 Å². The first kappa shape index (κ1) is 15.2. The summed E-state index contributed by atoms with van der Waals surface area (Å²) in [7, 11) is 0. The van der Waals surface area contributed by atoms with Crippen LogP contribution in [0, 0.1) is 40.4 Å². The Labute approximate surface area is 127 Å². The first-order valence-corrected chi connectivity index (χ1v) is 6.61. The van der Waals surface area contributed by atoms with E-state index in [2.05, 4.69) is 4.98 Å². The predicted octanol–water partition coefficient (Wildman–Crippen LogP) is 3.39. The number of anilines is 1. The molecule has 1 aliphatic carbocycles. The van der Waals surface area contributed by atoms with E-state index in [-0.39, 0.29) is 11.4 Å². The summed E-state index contributed by atoms with van der Waals surface area (Å²) in [4.78, 5) is 3.98. The Hall–Kier alpha value is -2.69. The van der Waals surface area contributed by atoms with Crippen LogP contribution in [0.5, 0.6) is 0 Å². The van der Waals surface area contributed by atoms with Crippen molar-refractivity contribution in [3.05, 3.63) is 45.9 Å². The van der Waals surface area contributed by atoms with Gasteiger partial charge in [-0.1, -0.05) is 0 Å². The van der Waals surface area contributed by atoms with E-state index in [0.29, 0.717) is 30.5 Å². The van der Waals surface area contributed by atoms with Gasteiger partial charge in [0, 0.05) is 11.3 Å². The third kappa shape index (κ3) is 2.04. The smallest absolute Gasteiger partial charge is 0.200 e. The minimum atomic E-state index is -2.25. The molecule has 1 aromatic heterocycles. The molecule has 0 saturated heterocycles. The third-order valence-electron chi connectivity index (χ3n) is 3.82. The van der Waals surface area contributed by atoms with Crippen molar-refractivity contribution in [1.82, 2.24) is 4.98 Å². The highest BCUT2D eigenvalue weighted by molar-refractivity contribution is 5.80. The fourth-order valence-corrected chi connectivity index (χ4v) is 2.81. The summed E-state index contributed by atoms with van der Waals surface area (Å²) in [5, 5.41) is 9.19. The number of aromatic nitrogens is 1. The van der Waals surface area contributed by atoms with Crippen molar-refractivity contribution >= 4 is 5.82 Å². The summed E-state index contributed by atoms with van der Waals surface area (Å²) in [6.07, 6.45) is 1.35. The van der Waals surface area contributed by atoms with E-state index < -0.39 is 40.2 Å². The maximum Gasteiger partial charge on any atom is 0.200 e. The average Bonchev–Trinajstić information content (AvgIpc) is 2.99. The summed E-state index contributed by atoms with van der Waals surface area (Å²) in [6.45, 7) is 0. The molecule has 3 nitrogen and oxygen atoms in total. The number of halogens is 5. The average molecular weight is 325 g/mol. The van der Waals surface area contributed by atoms with E-state index in [9.17, 15) is 27.2 Å². The van der Waals surface area contributed by atoms with E-state index in [4.69, 9.17) is 5.73 Å². The highest BCUT2D eigenvalue weighted by atomic mass is 19.2. The molecule has 1 aliphatic rings. The maximum atomic E-state index is 14.1. The predicted molar refractivity (Wildman–Crippen MR) is 70.6 cm³/mol. The Bertz CT molecular complexity index is 856. The lowest BCUT2D eigenvalue weighted by atomic mass is 9.93. The number of hydrogen-bond acceptors (Lipinski definition) is 3. The summed E-state index contributed by atoms with van der Waals surface area (Å²) in [6, 6.07) is 1.64. The molecule has 23 heavy (non-hydrogen) atoms. The Morgan fingerprint density at radius 1 is 0.870 bits per heavy atom. The molecule has 0 spiro atoms. The quantitative estimate of drug-likeness (QED) is 0.497. The van der Waals surface area contributed by atoms with Crippen molar-refractivity contribution in [3.8, 4) is 17.2 Å². The van der Waals surface area contributed by atoms with E-state index in [1.165, 1.54) is 0 Å². The SMILES string of the molecule is N#Cc1c(N)nc2c(c1-c1c(F)c(F)c(F)c(F)c1F)CCC2. The van der Waals surface area contributed by atoms with Crippen LogP contribution in [0.2, 0.25) is 0 Å². The number of nitrogens with zero attached hydrogens (tertiary/aromatic N) is 2. The normalized spacial score (nSPS) is 13.0. The highest BCUT2D eigenvalue weighted by Crippen LogP contribution is 2.40. The van der Waals surface area contributed by atoms with Gasteiger partial charge in [-0.2, -0.15) is 5.26 Å².